The van der Waals surface area contributed by atoms with Crippen LogP contribution in [-0.4, -0.2) is 50.1 Å². The Morgan fingerprint density at radius 3 is 1.80 bits per heavy atom. The second kappa shape index (κ2) is 5.87. The molecule has 6 heteroatoms. The third-order valence-corrected chi connectivity index (χ3v) is 4.55. The molecule has 0 bridgehead atoms. The van der Waals surface area contributed by atoms with E-state index in [0.29, 0.717) is 32.7 Å². The quantitative estimate of drug-likeness (QED) is 0.767. The standard InChI is InChI=1S/C14H26N2O4/c15-8-11-2-6-17-13(19-11)4-1-5-14(10-13)18-7-3-12(9-16)20-14/h11-12H,1-10,15-16H2. The summed E-state index contributed by atoms with van der Waals surface area (Å²) in [7, 11) is 0. The highest BCUT2D eigenvalue weighted by Gasteiger charge is 2.52. The summed E-state index contributed by atoms with van der Waals surface area (Å²) in [5.74, 6) is -1.17. The van der Waals surface area contributed by atoms with Gasteiger partial charge in [-0.3, -0.25) is 0 Å². The summed E-state index contributed by atoms with van der Waals surface area (Å²) in [5, 5.41) is 0. The van der Waals surface area contributed by atoms with Crippen molar-refractivity contribution in [1.29, 1.82) is 0 Å². The van der Waals surface area contributed by atoms with E-state index in [9.17, 15) is 0 Å². The number of nitrogens with two attached hydrogens (primary N) is 2. The summed E-state index contributed by atoms with van der Waals surface area (Å²) in [6.45, 7) is 2.45. The van der Waals surface area contributed by atoms with Crippen LogP contribution in [0.15, 0.2) is 0 Å². The van der Waals surface area contributed by atoms with Gasteiger partial charge in [-0.15, -0.1) is 0 Å². The first-order valence-electron chi connectivity index (χ1n) is 7.73. The van der Waals surface area contributed by atoms with Crippen LogP contribution in [0.2, 0.25) is 0 Å². The summed E-state index contributed by atoms with van der Waals surface area (Å²) >= 11 is 0. The Morgan fingerprint density at radius 2 is 1.35 bits per heavy atom. The molecule has 2 aliphatic heterocycles. The van der Waals surface area contributed by atoms with Crippen molar-refractivity contribution in [2.45, 2.75) is 62.3 Å². The van der Waals surface area contributed by atoms with Crippen molar-refractivity contribution in [1.82, 2.24) is 0 Å². The van der Waals surface area contributed by atoms with Crippen LogP contribution in [-0.2, 0) is 18.9 Å². The van der Waals surface area contributed by atoms with Gasteiger partial charge in [0.15, 0.2) is 11.6 Å². The van der Waals surface area contributed by atoms with Gasteiger partial charge in [0.1, 0.15) is 0 Å². The minimum atomic E-state index is -0.586. The minimum Gasteiger partial charge on any atom is -0.350 e. The Bertz CT molecular complexity index is 305. The van der Waals surface area contributed by atoms with E-state index in [2.05, 4.69) is 0 Å². The van der Waals surface area contributed by atoms with Crippen LogP contribution >= 0.6 is 0 Å². The van der Waals surface area contributed by atoms with Gasteiger partial charge in [0.25, 0.3) is 0 Å². The maximum absolute atomic E-state index is 6.12. The van der Waals surface area contributed by atoms with Crippen LogP contribution in [0.25, 0.3) is 0 Å². The fourth-order valence-corrected chi connectivity index (χ4v) is 3.54. The molecule has 3 rings (SSSR count). The number of hydrogen-bond donors (Lipinski definition) is 2. The van der Waals surface area contributed by atoms with Crippen LogP contribution in [0, 0.1) is 0 Å². The van der Waals surface area contributed by atoms with Crippen LogP contribution in [0.3, 0.4) is 0 Å². The second-order valence-corrected chi connectivity index (χ2v) is 6.08. The van der Waals surface area contributed by atoms with Gasteiger partial charge in [-0.05, 0) is 19.3 Å². The van der Waals surface area contributed by atoms with Crippen molar-refractivity contribution in [3.8, 4) is 0 Å². The van der Waals surface area contributed by atoms with Crippen LogP contribution in [0.4, 0.5) is 0 Å². The summed E-state index contributed by atoms with van der Waals surface area (Å²) in [6, 6.07) is 0. The molecule has 6 nitrogen and oxygen atoms in total. The maximum atomic E-state index is 6.12. The summed E-state index contributed by atoms with van der Waals surface area (Å²) < 4.78 is 24.2. The van der Waals surface area contributed by atoms with Crippen molar-refractivity contribution in [2.75, 3.05) is 26.3 Å². The van der Waals surface area contributed by atoms with Gasteiger partial charge in [-0.25, -0.2) is 0 Å². The topological polar surface area (TPSA) is 89.0 Å². The Hall–Kier alpha value is -0.240. The molecule has 2 heterocycles. The van der Waals surface area contributed by atoms with Gasteiger partial charge in [-0.1, -0.05) is 0 Å². The molecule has 2 saturated heterocycles. The lowest BCUT2D eigenvalue weighted by molar-refractivity contribution is -0.380. The first-order chi connectivity index (χ1) is 9.69. The zero-order valence-corrected chi connectivity index (χ0v) is 12.0. The molecule has 0 aromatic heterocycles. The Balaban J connectivity index is 1.72. The molecule has 20 heavy (non-hydrogen) atoms. The molecule has 1 saturated carbocycles. The molecule has 2 spiro atoms. The highest BCUT2D eigenvalue weighted by atomic mass is 16.7. The Kier molecular flexibility index (Phi) is 4.31. The second-order valence-electron chi connectivity index (χ2n) is 6.08. The molecule has 0 aromatic rings. The zero-order valence-electron chi connectivity index (χ0n) is 12.0. The van der Waals surface area contributed by atoms with E-state index in [1.54, 1.807) is 0 Å². The largest absolute Gasteiger partial charge is 0.350 e. The van der Waals surface area contributed by atoms with Gasteiger partial charge < -0.3 is 30.4 Å². The normalized spacial score (nSPS) is 45.9. The average Bonchev–Trinajstić information content (AvgIpc) is 2.47. The molecule has 3 aliphatic rings. The minimum absolute atomic E-state index is 0.0767. The molecule has 0 amide bonds. The van der Waals surface area contributed by atoms with E-state index in [-0.39, 0.29) is 12.2 Å². The van der Waals surface area contributed by atoms with Gasteiger partial charge in [0, 0.05) is 25.9 Å². The van der Waals surface area contributed by atoms with E-state index < -0.39 is 11.6 Å². The average molecular weight is 286 g/mol. The lowest BCUT2D eigenvalue weighted by Gasteiger charge is -2.51. The zero-order chi connectivity index (χ0) is 14.1. The van der Waals surface area contributed by atoms with E-state index in [1.807, 2.05) is 0 Å². The van der Waals surface area contributed by atoms with Crippen molar-refractivity contribution in [3.05, 3.63) is 0 Å². The summed E-state index contributed by atoms with van der Waals surface area (Å²) in [5.41, 5.74) is 11.5. The van der Waals surface area contributed by atoms with Crippen LogP contribution in [0.5, 0.6) is 0 Å². The van der Waals surface area contributed by atoms with Gasteiger partial charge in [0.2, 0.25) is 0 Å². The fraction of sp³-hybridized carbons (Fsp3) is 1.00. The maximum Gasteiger partial charge on any atom is 0.173 e. The number of rotatable bonds is 2. The predicted molar refractivity (Wildman–Crippen MR) is 72.9 cm³/mol. The van der Waals surface area contributed by atoms with E-state index in [0.717, 1.165) is 32.1 Å². The molecular formula is C14H26N2O4. The van der Waals surface area contributed by atoms with Crippen LogP contribution < -0.4 is 11.5 Å². The first-order valence-corrected chi connectivity index (χ1v) is 7.73. The third-order valence-electron chi connectivity index (χ3n) is 4.55. The molecule has 1 aliphatic carbocycles. The smallest absolute Gasteiger partial charge is 0.173 e. The fourth-order valence-electron chi connectivity index (χ4n) is 3.54. The Labute approximate surface area is 120 Å². The first kappa shape index (κ1) is 14.7. The van der Waals surface area contributed by atoms with Crippen molar-refractivity contribution in [2.24, 2.45) is 11.5 Å². The molecule has 4 N–H and O–H groups in total. The van der Waals surface area contributed by atoms with Gasteiger partial charge in [0.05, 0.1) is 31.8 Å². The molecule has 4 atom stereocenters. The number of hydrogen-bond acceptors (Lipinski definition) is 6. The van der Waals surface area contributed by atoms with E-state index in [4.69, 9.17) is 30.4 Å². The third kappa shape index (κ3) is 2.86. The molecule has 3 fully saturated rings. The summed E-state index contributed by atoms with van der Waals surface area (Å²) in [4.78, 5) is 0. The molecule has 4 unspecified atom stereocenters. The summed E-state index contributed by atoms with van der Waals surface area (Å²) in [6.07, 6.45) is 5.22. The lowest BCUT2D eigenvalue weighted by atomic mass is 9.86. The van der Waals surface area contributed by atoms with Crippen molar-refractivity contribution in [3.63, 3.8) is 0 Å². The van der Waals surface area contributed by atoms with E-state index in [1.165, 1.54) is 0 Å². The highest BCUT2D eigenvalue weighted by molar-refractivity contribution is 4.92. The Morgan fingerprint density at radius 1 is 0.850 bits per heavy atom. The lowest BCUT2D eigenvalue weighted by Crippen LogP contribution is -2.58. The van der Waals surface area contributed by atoms with Crippen molar-refractivity contribution >= 4 is 0 Å². The predicted octanol–water partition coefficient (Wildman–Crippen LogP) is 0.481. The number of ether oxygens (including phenoxy) is 4. The molecule has 116 valence electrons. The van der Waals surface area contributed by atoms with Crippen LogP contribution in [0.1, 0.15) is 38.5 Å². The van der Waals surface area contributed by atoms with E-state index >= 15 is 0 Å². The highest BCUT2D eigenvalue weighted by Crippen LogP contribution is 2.45. The van der Waals surface area contributed by atoms with Gasteiger partial charge >= 0.3 is 0 Å². The SMILES string of the molecule is NCC1CCOC2(CCCC3(C2)OCCC(CN)O3)O1. The molecule has 0 radical (unpaired) electrons. The molecular weight excluding hydrogens is 260 g/mol. The van der Waals surface area contributed by atoms with Gasteiger partial charge in [-0.2, -0.15) is 0 Å². The molecule has 0 aromatic carbocycles. The van der Waals surface area contributed by atoms with Crippen molar-refractivity contribution < 1.29 is 18.9 Å². The monoisotopic (exact) mass is 286 g/mol.